The Morgan fingerprint density at radius 3 is 2.80 bits per heavy atom. The van der Waals surface area contributed by atoms with Crippen LogP contribution in [0.4, 0.5) is 19.0 Å². The molecule has 54 heavy (non-hydrogen) atoms. The third-order valence-corrected chi connectivity index (χ3v) is 11.0. The van der Waals surface area contributed by atoms with Crippen molar-refractivity contribution in [3.05, 3.63) is 83.1 Å². The lowest BCUT2D eigenvalue weighted by atomic mass is 9.95. The van der Waals surface area contributed by atoms with E-state index in [2.05, 4.69) is 30.8 Å². The van der Waals surface area contributed by atoms with Crippen molar-refractivity contribution in [1.29, 1.82) is 0 Å². The average Bonchev–Trinajstić information content (AvgIpc) is 3.87. The molecule has 13 heteroatoms. The number of carbonyl (C=O) groups is 1. The molecule has 3 atom stereocenters. The zero-order valence-electron chi connectivity index (χ0n) is 30.3. The molecule has 0 saturated carbocycles. The van der Waals surface area contributed by atoms with Crippen molar-refractivity contribution >= 4 is 39.5 Å². The van der Waals surface area contributed by atoms with Crippen molar-refractivity contribution in [1.82, 2.24) is 34.7 Å². The van der Waals surface area contributed by atoms with Crippen molar-refractivity contribution in [2.24, 2.45) is 0 Å². The summed E-state index contributed by atoms with van der Waals surface area (Å²) in [5.74, 6) is 1.92. The fourth-order valence-electron chi connectivity index (χ4n) is 8.41. The van der Waals surface area contributed by atoms with Crippen LogP contribution in [-0.2, 0) is 4.79 Å². The first kappa shape index (κ1) is 35.4. The van der Waals surface area contributed by atoms with E-state index < -0.39 is 23.3 Å². The van der Waals surface area contributed by atoms with Gasteiger partial charge in [-0.15, -0.1) is 6.42 Å². The fourth-order valence-corrected chi connectivity index (χ4v) is 8.41. The van der Waals surface area contributed by atoms with Crippen LogP contribution in [0.2, 0.25) is 0 Å². The van der Waals surface area contributed by atoms with Gasteiger partial charge in [-0.05, 0) is 63.2 Å². The first-order chi connectivity index (χ1) is 26.0. The molecule has 0 spiro atoms. The van der Waals surface area contributed by atoms with Gasteiger partial charge in [0, 0.05) is 68.1 Å². The second kappa shape index (κ2) is 14.0. The monoisotopic (exact) mass is 732 g/mol. The summed E-state index contributed by atoms with van der Waals surface area (Å²) in [7, 11) is 1.84. The predicted molar refractivity (Wildman–Crippen MR) is 201 cm³/mol. The fraction of sp³-hybridized carbons (Fsp3) is 0.366. The molecule has 3 fully saturated rings. The lowest BCUT2D eigenvalue weighted by molar-refractivity contribution is -0.124. The van der Waals surface area contributed by atoms with Crippen LogP contribution in [0.3, 0.4) is 0 Å². The Hall–Kier alpha value is -5.61. The summed E-state index contributed by atoms with van der Waals surface area (Å²) < 4.78 is 52.8. The van der Waals surface area contributed by atoms with Gasteiger partial charge in [-0.2, -0.15) is 9.97 Å². The van der Waals surface area contributed by atoms with Crippen molar-refractivity contribution < 1.29 is 22.7 Å². The number of fused-ring (bicyclic) bond motifs is 3. The number of benzene rings is 2. The van der Waals surface area contributed by atoms with Gasteiger partial charge in [0.2, 0.25) is 5.91 Å². The van der Waals surface area contributed by atoms with E-state index >= 15 is 4.39 Å². The Labute approximate surface area is 311 Å². The molecule has 3 aliphatic heterocycles. The number of anilines is 1. The normalized spacial score (nSPS) is 21.3. The van der Waals surface area contributed by atoms with Gasteiger partial charge >= 0.3 is 6.01 Å². The molecule has 6 heterocycles. The molecule has 0 aliphatic carbocycles. The number of pyridine rings is 1. The number of aryl methyl sites for hydroxylation is 2. The number of aromatic nitrogens is 5. The molecule has 0 N–H and O–H groups in total. The second-order valence-corrected chi connectivity index (χ2v) is 14.5. The highest BCUT2D eigenvalue weighted by molar-refractivity contribution is 6.02. The van der Waals surface area contributed by atoms with E-state index in [0.29, 0.717) is 71.5 Å². The van der Waals surface area contributed by atoms with Crippen LogP contribution < -0.4 is 9.64 Å². The molecule has 3 saturated heterocycles. The second-order valence-electron chi connectivity index (χ2n) is 14.5. The molecular weight excluding hydrogens is 693 g/mol. The Balaban J connectivity index is 1.15. The molecule has 0 bridgehead atoms. The third kappa shape index (κ3) is 6.38. The molecule has 10 nitrogen and oxygen atoms in total. The molecule has 2 aromatic carbocycles. The molecule has 0 radical (unpaired) electrons. The van der Waals surface area contributed by atoms with E-state index in [0.717, 1.165) is 25.1 Å². The quantitative estimate of drug-likeness (QED) is 0.136. The van der Waals surface area contributed by atoms with Gasteiger partial charge in [0.15, 0.2) is 5.82 Å². The summed E-state index contributed by atoms with van der Waals surface area (Å²) in [4.78, 5) is 41.7. The van der Waals surface area contributed by atoms with Gasteiger partial charge in [0.05, 0.1) is 22.2 Å². The van der Waals surface area contributed by atoms with E-state index in [1.165, 1.54) is 18.3 Å². The zero-order chi connectivity index (χ0) is 37.7. The van der Waals surface area contributed by atoms with E-state index in [-0.39, 0.29) is 41.3 Å². The van der Waals surface area contributed by atoms with Crippen LogP contribution in [0.1, 0.15) is 48.5 Å². The number of halogens is 3. The summed E-state index contributed by atoms with van der Waals surface area (Å²) in [5.41, 5.74) is 1.23. The molecule has 1 amide bonds. The van der Waals surface area contributed by atoms with Gasteiger partial charge in [0.1, 0.15) is 41.4 Å². The summed E-state index contributed by atoms with van der Waals surface area (Å²) in [5, 5.41) is 1.33. The molecule has 3 aromatic heterocycles. The molecule has 0 unspecified atom stereocenters. The lowest BCUT2D eigenvalue weighted by Gasteiger charge is -2.31. The number of amides is 1. The van der Waals surface area contributed by atoms with Crippen molar-refractivity contribution in [3.8, 4) is 29.6 Å². The van der Waals surface area contributed by atoms with E-state index in [4.69, 9.17) is 16.1 Å². The Morgan fingerprint density at radius 1 is 1.13 bits per heavy atom. The number of likely N-dealkylation sites (tertiary alicyclic amines) is 1. The van der Waals surface area contributed by atoms with Gasteiger partial charge < -0.3 is 14.5 Å². The summed E-state index contributed by atoms with van der Waals surface area (Å²) in [6.07, 6.45) is 12.2. The van der Waals surface area contributed by atoms with Gasteiger partial charge in [0.25, 0.3) is 0 Å². The first-order valence-electron chi connectivity index (χ1n) is 18.1. The predicted octanol–water partition coefficient (Wildman–Crippen LogP) is 6.22. The van der Waals surface area contributed by atoms with Crippen LogP contribution in [0, 0.1) is 37.8 Å². The Bertz CT molecular complexity index is 2360. The SMILES string of the molecule is C#Cc1c(F)ccc2cccc(-c3ncc4c(N(C)[C@@H]5CCN(C(=O)C=Cc6cc(C)nc(C)n6)C5)nc(OC[C@@]56CCCN5C[C@H](F)C6)nc4c3F)c12. The minimum Gasteiger partial charge on any atom is -0.461 e. The van der Waals surface area contributed by atoms with Crippen LogP contribution in [0.15, 0.2) is 48.7 Å². The number of terminal acetylenes is 1. The van der Waals surface area contributed by atoms with E-state index in [9.17, 15) is 13.6 Å². The average molecular weight is 733 g/mol. The summed E-state index contributed by atoms with van der Waals surface area (Å²) in [6, 6.07) is 9.63. The number of hydrogen-bond donors (Lipinski definition) is 0. The summed E-state index contributed by atoms with van der Waals surface area (Å²) >= 11 is 0. The van der Waals surface area contributed by atoms with Crippen LogP contribution in [0.25, 0.3) is 39.0 Å². The van der Waals surface area contributed by atoms with Crippen molar-refractivity contribution in [2.45, 2.75) is 57.3 Å². The maximum Gasteiger partial charge on any atom is 0.319 e. The van der Waals surface area contributed by atoms with Gasteiger partial charge in [-0.25, -0.2) is 23.1 Å². The molecule has 5 aromatic rings. The number of nitrogens with zero attached hydrogens (tertiary/aromatic N) is 8. The topological polar surface area (TPSA) is 100 Å². The Kier molecular flexibility index (Phi) is 9.17. The molecule has 3 aliphatic rings. The maximum atomic E-state index is 17.0. The first-order valence-corrected chi connectivity index (χ1v) is 18.1. The highest BCUT2D eigenvalue weighted by Crippen LogP contribution is 2.41. The van der Waals surface area contributed by atoms with Crippen LogP contribution in [-0.4, -0.2) is 98.2 Å². The maximum absolute atomic E-state index is 17.0. The number of alkyl halides is 1. The highest BCUT2D eigenvalue weighted by Gasteiger charge is 2.49. The third-order valence-electron chi connectivity index (χ3n) is 11.0. The van der Waals surface area contributed by atoms with Crippen LogP contribution in [0.5, 0.6) is 6.01 Å². The summed E-state index contributed by atoms with van der Waals surface area (Å²) in [6.45, 7) is 5.87. The smallest absolute Gasteiger partial charge is 0.319 e. The largest absolute Gasteiger partial charge is 0.461 e. The standard InChI is InChI=1S/C41H39F3N8O2/c1-5-30-33(43)12-10-26-8-6-9-31(35(26)30)37-36(44)38-32(20-45-37)39(49-40(48-38)54-23-41-15-7-16-52(41)21-27(42)19-41)50(4)29-14-17-51(22-29)34(53)13-11-28-18-24(2)46-25(3)47-28/h1,6,8-13,18,20,27,29H,7,14-17,19,21-23H2,2-4H3/t27-,29-,41+/m1/s1. The lowest BCUT2D eigenvalue weighted by Crippen LogP contribution is -2.43. The Morgan fingerprint density at radius 2 is 1.98 bits per heavy atom. The number of ether oxygens (including phenoxy) is 1. The molecular formula is C41H39F3N8O2. The van der Waals surface area contributed by atoms with Gasteiger partial charge in [-0.3, -0.25) is 14.7 Å². The van der Waals surface area contributed by atoms with Crippen molar-refractivity contribution in [3.63, 3.8) is 0 Å². The molecule has 8 rings (SSSR count). The zero-order valence-corrected chi connectivity index (χ0v) is 30.3. The number of carbonyl (C=O) groups excluding carboxylic acids is 1. The minimum atomic E-state index is -0.949. The van der Waals surface area contributed by atoms with Crippen molar-refractivity contribution in [2.75, 3.05) is 44.7 Å². The van der Waals surface area contributed by atoms with Gasteiger partial charge in [-0.1, -0.05) is 30.2 Å². The highest BCUT2D eigenvalue weighted by atomic mass is 19.1. The number of likely N-dealkylation sites (N-methyl/N-ethyl adjacent to an activating group) is 1. The van der Waals surface area contributed by atoms with E-state index in [1.807, 2.05) is 24.9 Å². The minimum absolute atomic E-state index is 0.0112. The number of hydrogen-bond acceptors (Lipinski definition) is 9. The number of rotatable bonds is 8. The van der Waals surface area contributed by atoms with Crippen LogP contribution >= 0.6 is 0 Å². The van der Waals surface area contributed by atoms with E-state index in [1.54, 1.807) is 42.2 Å². The molecule has 276 valence electrons.